The van der Waals surface area contributed by atoms with Gasteiger partial charge in [0.1, 0.15) is 11.5 Å². The number of hydrogen-bond acceptors (Lipinski definition) is 4. The molecular formula is C18H28ClN2O3-. The van der Waals surface area contributed by atoms with E-state index in [4.69, 9.17) is 9.47 Å². The molecule has 0 bridgehead atoms. The van der Waals surface area contributed by atoms with Crippen LogP contribution in [0.2, 0.25) is 0 Å². The van der Waals surface area contributed by atoms with Crippen LogP contribution in [0.1, 0.15) is 50.9 Å². The molecule has 0 spiro atoms. The van der Waals surface area contributed by atoms with Gasteiger partial charge < -0.3 is 32.5 Å². The zero-order valence-electron chi connectivity index (χ0n) is 15.3. The average molecular weight is 356 g/mol. The maximum absolute atomic E-state index is 12.6. The summed E-state index contributed by atoms with van der Waals surface area (Å²) < 4.78 is 10.5. The fraction of sp³-hybridized carbons (Fsp3) is 0.611. The van der Waals surface area contributed by atoms with Gasteiger partial charge in [0.2, 0.25) is 0 Å². The summed E-state index contributed by atoms with van der Waals surface area (Å²) in [5.74, 6) is 1.13. The zero-order valence-corrected chi connectivity index (χ0v) is 16.1. The highest BCUT2D eigenvalue weighted by molar-refractivity contribution is 5.95. The first-order chi connectivity index (χ1) is 10.6. The Hall–Kier alpha value is -1.46. The molecule has 24 heavy (non-hydrogen) atoms. The average Bonchev–Trinajstić information content (AvgIpc) is 2.43. The molecule has 1 amide bonds. The minimum Gasteiger partial charge on any atom is -1.00 e. The van der Waals surface area contributed by atoms with Crippen molar-refractivity contribution >= 4 is 5.91 Å². The number of ether oxygens (including phenoxy) is 2. The molecule has 1 saturated heterocycles. The van der Waals surface area contributed by atoms with Crippen LogP contribution in [0.5, 0.6) is 11.5 Å². The second-order valence-corrected chi connectivity index (χ2v) is 7.57. The predicted molar refractivity (Wildman–Crippen MR) is 91.3 cm³/mol. The number of halogens is 1. The summed E-state index contributed by atoms with van der Waals surface area (Å²) in [5, 5.41) is 6.78. The standard InChI is InChI=1S/C18H28N2O3.ClH/c1-17(2)10-13(11-18(3,4)20-17)19-16(21)12-7-14(22-5)9-15(8-12)23-6;/h7-9,13,20H,10-11H2,1-6H3,(H,19,21);1H/p-1. The Kier molecular flexibility index (Phi) is 6.53. The lowest BCUT2D eigenvalue weighted by molar-refractivity contribution is -0.0000194. The monoisotopic (exact) mass is 355 g/mol. The topological polar surface area (TPSA) is 59.6 Å². The molecule has 1 aromatic carbocycles. The fourth-order valence-corrected chi connectivity index (χ4v) is 3.63. The highest BCUT2D eigenvalue weighted by Gasteiger charge is 2.38. The third kappa shape index (κ3) is 5.28. The molecule has 0 aromatic heterocycles. The van der Waals surface area contributed by atoms with Crippen molar-refractivity contribution in [1.29, 1.82) is 0 Å². The molecule has 1 aliphatic heterocycles. The Morgan fingerprint density at radius 1 is 1.04 bits per heavy atom. The number of amides is 1. The van der Waals surface area contributed by atoms with Gasteiger partial charge in [-0.2, -0.15) is 0 Å². The molecule has 1 aliphatic rings. The van der Waals surface area contributed by atoms with Crippen molar-refractivity contribution in [3.05, 3.63) is 23.8 Å². The minimum atomic E-state index is -0.0966. The summed E-state index contributed by atoms with van der Waals surface area (Å²) in [6, 6.07) is 5.35. The minimum absolute atomic E-state index is 0. The van der Waals surface area contributed by atoms with E-state index in [0.717, 1.165) is 12.8 Å². The fourth-order valence-electron chi connectivity index (χ4n) is 3.63. The Bertz CT molecular complexity index is 549. The molecule has 0 aliphatic carbocycles. The summed E-state index contributed by atoms with van der Waals surface area (Å²) in [6.45, 7) is 8.67. The molecule has 0 radical (unpaired) electrons. The van der Waals surface area contributed by atoms with Gasteiger partial charge >= 0.3 is 0 Å². The lowest BCUT2D eigenvalue weighted by atomic mass is 9.79. The Morgan fingerprint density at radius 3 is 1.92 bits per heavy atom. The number of benzene rings is 1. The van der Waals surface area contributed by atoms with Crippen LogP contribution in [-0.2, 0) is 0 Å². The first kappa shape index (κ1) is 20.6. The van der Waals surface area contributed by atoms with E-state index in [1.165, 1.54) is 0 Å². The summed E-state index contributed by atoms with van der Waals surface area (Å²) in [6.07, 6.45) is 1.78. The van der Waals surface area contributed by atoms with Gasteiger partial charge in [-0.1, -0.05) is 0 Å². The van der Waals surface area contributed by atoms with Gasteiger partial charge in [-0.05, 0) is 52.7 Å². The Balaban J connectivity index is 0.00000288. The van der Waals surface area contributed by atoms with Crippen LogP contribution in [0.15, 0.2) is 18.2 Å². The van der Waals surface area contributed by atoms with Crippen molar-refractivity contribution in [3.63, 3.8) is 0 Å². The van der Waals surface area contributed by atoms with Gasteiger partial charge in [-0.3, -0.25) is 4.79 Å². The van der Waals surface area contributed by atoms with Crippen LogP contribution in [0, 0.1) is 0 Å². The summed E-state index contributed by atoms with van der Waals surface area (Å²) in [7, 11) is 3.16. The van der Waals surface area contributed by atoms with E-state index in [0.29, 0.717) is 17.1 Å². The first-order valence-electron chi connectivity index (χ1n) is 7.97. The summed E-state index contributed by atoms with van der Waals surface area (Å²) in [4.78, 5) is 12.6. The smallest absolute Gasteiger partial charge is 0.251 e. The van der Waals surface area contributed by atoms with Crippen LogP contribution in [0.4, 0.5) is 0 Å². The predicted octanol–water partition coefficient (Wildman–Crippen LogP) is -0.253. The maximum atomic E-state index is 12.6. The van der Waals surface area contributed by atoms with E-state index in [1.807, 2.05) is 0 Å². The van der Waals surface area contributed by atoms with Gasteiger partial charge in [-0.15, -0.1) is 0 Å². The van der Waals surface area contributed by atoms with Crippen LogP contribution < -0.4 is 32.5 Å². The van der Waals surface area contributed by atoms with Crippen molar-refractivity contribution in [2.75, 3.05) is 14.2 Å². The summed E-state index contributed by atoms with van der Waals surface area (Å²) >= 11 is 0. The number of rotatable bonds is 4. The molecule has 2 N–H and O–H groups in total. The van der Waals surface area contributed by atoms with Gasteiger partial charge in [-0.25, -0.2) is 0 Å². The second kappa shape index (κ2) is 7.62. The van der Waals surface area contributed by atoms with Gasteiger partial charge in [0.25, 0.3) is 5.91 Å². The molecule has 136 valence electrons. The maximum Gasteiger partial charge on any atom is 0.251 e. The van der Waals surface area contributed by atoms with Gasteiger partial charge in [0.05, 0.1) is 14.2 Å². The molecule has 1 aromatic rings. The molecule has 2 rings (SSSR count). The van der Waals surface area contributed by atoms with Crippen molar-refractivity contribution in [2.45, 2.75) is 57.7 Å². The normalized spacial score (nSPS) is 19.1. The van der Waals surface area contributed by atoms with E-state index in [9.17, 15) is 4.79 Å². The van der Waals surface area contributed by atoms with Crippen molar-refractivity contribution in [3.8, 4) is 11.5 Å². The van der Waals surface area contributed by atoms with E-state index in [1.54, 1.807) is 32.4 Å². The lowest BCUT2D eigenvalue weighted by Gasteiger charge is -2.46. The molecule has 1 heterocycles. The molecular weight excluding hydrogens is 328 g/mol. The molecule has 0 saturated carbocycles. The quantitative estimate of drug-likeness (QED) is 0.782. The molecule has 0 atom stereocenters. The first-order valence-corrected chi connectivity index (χ1v) is 7.97. The van der Waals surface area contributed by atoms with E-state index in [2.05, 4.69) is 38.3 Å². The molecule has 5 nitrogen and oxygen atoms in total. The highest BCUT2D eigenvalue weighted by Crippen LogP contribution is 2.29. The highest BCUT2D eigenvalue weighted by atomic mass is 35.5. The van der Waals surface area contributed by atoms with E-state index >= 15 is 0 Å². The SMILES string of the molecule is COc1cc(OC)cc(C(=O)NC2CC(C)(C)NC(C)(C)C2)c1.[Cl-]. The number of carbonyl (C=O) groups is 1. The zero-order chi connectivity index (χ0) is 17.3. The van der Waals surface area contributed by atoms with Crippen molar-refractivity contribution in [2.24, 2.45) is 0 Å². The van der Waals surface area contributed by atoms with Crippen LogP contribution in [0.25, 0.3) is 0 Å². The Morgan fingerprint density at radius 2 is 1.50 bits per heavy atom. The number of methoxy groups -OCH3 is 2. The van der Waals surface area contributed by atoms with Crippen molar-refractivity contribution < 1.29 is 26.7 Å². The van der Waals surface area contributed by atoms with Gasteiger partial charge in [0.15, 0.2) is 0 Å². The van der Waals surface area contributed by atoms with Crippen LogP contribution >= 0.6 is 0 Å². The molecule has 1 fully saturated rings. The summed E-state index contributed by atoms with van der Waals surface area (Å²) in [5.41, 5.74) is 0.535. The third-order valence-corrected chi connectivity index (χ3v) is 4.14. The lowest BCUT2D eigenvalue weighted by Crippen LogP contribution is -3.00. The van der Waals surface area contributed by atoms with Gasteiger partial charge in [0, 0.05) is 28.7 Å². The van der Waals surface area contributed by atoms with Crippen LogP contribution in [0.3, 0.4) is 0 Å². The third-order valence-electron chi connectivity index (χ3n) is 4.14. The van der Waals surface area contributed by atoms with E-state index in [-0.39, 0.29) is 35.4 Å². The van der Waals surface area contributed by atoms with Crippen molar-refractivity contribution in [1.82, 2.24) is 10.6 Å². The second-order valence-electron chi connectivity index (χ2n) is 7.57. The molecule has 0 unspecified atom stereocenters. The number of nitrogens with one attached hydrogen (secondary N) is 2. The van der Waals surface area contributed by atoms with Crippen LogP contribution in [-0.4, -0.2) is 37.2 Å². The number of hydrogen-bond donors (Lipinski definition) is 2. The number of piperidine rings is 1. The largest absolute Gasteiger partial charge is 1.00 e. The Labute approximate surface area is 150 Å². The van der Waals surface area contributed by atoms with E-state index < -0.39 is 0 Å². The molecule has 6 heteroatoms. The number of carbonyl (C=O) groups excluding carboxylic acids is 1.